The molecule has 1 N–H and O–H groups in total. The zero-order chi connectivity index (χ0) is 9.52. The largest absolute Gasteiger partial charge is 0.356 e. The Balaban J connectivity index is 2.18. The quantitative estimate of drug-likeness (QED) is 0.594. The molecule has 4 heteroatoms. The van der Waals surface area contributed by atoms with E-state index in [0.29, 0.717) is 18.8 Å². The lowest BCUT2D eigenvalue weighted by Gasteiger charge is -2.01. The molecule has 0 fully saturated rings. The average Bonchev–Trinajstić information content (AvgIpc) is 2.57. The molecule has 1 rings (SSSR count). The van der Waals surface area contributed by atoms with Crippen molar-refractivity contribution in [2.24, 2.45) is 0 Å². The summed E-state index contributed by atoms with van der Waals surface area (Å²) >= 11 is 7.08. The van der Waals surface area contributed by atoms with Crippen LogP contribution < -0.4 is 5.32 Å². The number of carbonyl (C=O) groups is 1. The molecule has 1 aromatic rings. The molecule has 0 saturated carbocycles. The Morgan fingerprint density at radius 3 is 3.08 bits per heavy atom. The van der Waals surface area contributed by atoms with E-state index < -0.39 is 0 Å². The van der Waals surface area contributed by atoms with Crippen LogP contribution in [-0.4, -0.2) is 18.3 Å². The van der Waals surface area contributed by atoms with E-state index in [-0.39, 0.29) is 5.91 Å². The fraction of sp³-hybridized carbons (Fsp3) is 0.444. The first-order valence-corrected chi connectivity index (χ1v) is 5.59. The summed E-state index contributed by atoms with van der Waals surface area (Å²) in [5.41, 5.74) is 0. The van der Waals surface area contributed by atoms with E-state index in [2.05, 4.69) is 5.32 Å². The normalized spacial score (nSPS) is 9.92. The molecule has 0 unspecified atom stereocenters. The number of amides is 1. The van der Waals surface area contributed by atoms with Gasteiger partial charge in [-0.1, -0.05) is 6.07 Å². The molecule has 0 spiro atoms. The predicted molar refractivity (Wildman–Crippen MR) is 56.4 cm³/mol. The summed E-state index contributed by atoms with van der Waals surface area (Å²) in [6.45, 7) is 0.674. The lowest BCUT2D eigenvalue weighted by atomic mass is 10.3. The number of hydrogen-bond donors (Lipinski definition) is 1. The van der Waals surface area contributed by atoms with Crippen molar-refractivity contribution < 1.29 is 4.79 Å². The highest BCUT2D eigenvalue weighted by Gasteiger charge is 2.02. The van der Waals surface area contributed by atoms with E-state index in [1.165, 1.54) is 0 Å². The highest BCUT2D eigenvalue weighted by atomic mass is 35.5. The monoisotopic (exact) mass is 217 g/mol. The summed E-state index contributed by atoms with van der Waals surface area (Å²) in [6, 6.07) is 3.91. The van der Waals surface area contributed by atoms with Crippen LogP contribution >= 0.6 is 22.9 Å². The summed E-state index contributed by atoms with van der Waals surface area (Å²) in [5, 5.41) is 4.78. The molecule has 0 aliphatic heterocycles. The van der Waals surface area contributed by atoms with Gasteiger partial charge in [0.2, 0.25) is 5.91 Å². The third-order valence-corrected chi connectivity index (χ3v) is 2.69. The van der Waals surface area contributed by atoms with Crippen LogP contribution in [0.15, 0.2) is 17.5 Å². The minimum Gasteiger partial charge on any atom is -0.356 e. The fourth-order valence-electron chi connectivity index (χ4n) is 0.929. The molecule has 1 heterocycles. The Hall–Kier alpha value is -0.540. The molecule has 1 amide bonds. The summed E-state index contributed by atoms with van der Waals surface area (Å²) in [7, 11) is 0. The first-order chi connectivity index (χ1) is 6.33. The van der Waals surface area contributed by atoms with Gasteiger partial charge in [0.05, 0.1) is 6.42 Å². The van der Waals surface area contributed by atoms with Crippen molar-refractivity contribution in [2.75, 3.05) is 12.4 Å². The van der Waals surface area contributed by atoms with Gasteiger partial charge in [0.1, 0.15) is 0 Å². The molecule has 13 heavy (non-hydrogen) atoms. The maximum atomic E-state index is 11.2. The Morgan fingerprint density at radius 2 is 2.46 bits per heavy atom. The number of rotatable bonds is 5. The van der Waals surface area contributed by atoms with E-state index in [1.807, 2.05) is 17.5 Å². The third-order valence-electron chi connectivity index (χ3n) is 1.55. The highest BCUT2D eigenvalue weighted by Crippen LogP contribution is 2.08. The molecule has 0 aliphatic rings. The topological polar surface area (TPSA) is 29.1 Å². The number of alkyl halides is 1. The van der Waals surface area contributed by atoms with Gasteiger partial charge in [0.15, 0.2) is 0 Å². The Kier molecular flexibility index (Phi) is 4.86. The maximum absolute atomic E-state index is 11.2. The lowest BCUT2D eigenvalue weighted by molar-refractivity contribution is -0.120. The van der Waals surface area contributed by atoms with E-state index in [4.69, 9.17) is 11.6 Å². The van der Waals surface area contributed by atoms with Crippen LogP contribution in [0.1, 0.15) is 11.3 Å². The SMILES string of the molecule is O=C(Cc1cccs1)NCCCCl. The van der Waals surface area contributed by atoms with Crippen molar-refractivity contribution >= 4 is 28.8 Å². The van der Waals surface area contributed by atoms with Crippen molar-refractivity contribution in [1.29, 1.82) is 0 Å². The Morgan fingerprint density at radius 1 is 1.62 bits per heavy atom. The van der Waals surface area contributed by atoms with Gasteiger partial charge in [0, 0.05) is 17.3 Å². The average molecular weight is 218 g/mol. The smallest absolute Gasteiger partial charge is 0.225 e. The van der Waals surface area contributed by atoms with Crippen LogP contribution in [0, 0.1) is 0 Å². The molecular formula is C9H12ClNOS. The molecule has 0 bridgehead atoms. The predicted octanol–water partition coefficient (Wildman–Crippen LogP) is 2.04. The van der Waals surface area contributed by atoms with Gasteiger partial charge in [-0.15, -0.1) is 22.9 Å². The van der Waals surface area contributed by atoms with Crippen molar-refractivity contribution in [3.05, 3.63) is 22.4 Å². The van der Waals surface area contributed by atoms with Gasteiger partial charge in [-0.3, -0.25) is 4.79 Å². The number of hydrogen-bond acceptors (Lipinski definition) is 2. The van der Waals surface area contributed by atoms with Crippen molar-refractivity contribution in [1.82, 2.24) is 5.32 Å². The lowest BCUT2D eigenvalue weighted by Crippen LogP contribution is -2.25. The van der Waals surface area contributed by atoms with Gasteiger partial charge in [-0.2, -0.15) is 0 Å². The van der Waals surface area contributed by atoms with E-state index in [1.54, 1.807) is 11.3 Å². The standard InChI is InChI=1S/C9H12ClNOS/c10-4-2-5-11-9(12)7-8-3-1-6-13-8/h1,3,6H,2,4-5,7H2,(H,11,12). The zero-order valence-corrected chi connectivity index (χ0v) is 8.83. The second kappa shape index (κ2) is 6.00. The highest BCUT2D eigenvalue weighted by molar-refractivity contribution is 7.10. The molecule has 0 radical (unpaired) electrons. The molecule has 0 aromatic carbocycles. The molecule has 1 aromatic heterocycles. The fourth-order valence-corrected chi connectivity index (χ4v) is 1.77. The van der Waals surface area contributed by atoms with Gasteiger partial charge in [-0.25, -0.2) is 0 Å². The number of thiophene rings is 1. The molecule has 0 atom stereocenters. The van der Waals surface area contributed by atoms with Crippen molar-refractivity contribution in [2.45, 2.75) is 12.8 Å². The van der Waals surface area contributed by atoms with Crippen LogP contribution in [0.4, 0.5) is 0 Å². The second-order valence-electron chi connectivity index (χ2n) is 2.65. The summed E-state index contributed by atoms with van der Waals surface area (Å²) in [6.07, 6.45) is 1.32. The van der Waals surface area contributed by atoms with E-state index in [0.717, 1.165) is 11.3 Å². The van der Waals surface area contributed by atoms with Gasteiger partial charge >= 0.3 is 0 Å². The van der Waals surface area contributed by atoms with Crippen LogP contribution in [0.5, 0.6) is 0 Å². The van der Waals surface area contributed by atoms with Crippen molar-refractivity contribution in [3.63, 3.8) is 0 Å². The number of carbonyl (C=O) groups excluding carboxylic acids is 1. The van der Waals surface area contributed by atoms with Crippen LogP contribution in [0.3, 0.4) is 0 Å². The summed E-state index contributed by atoms with van der Waals surface area (Å²) < 4.78 is 0. The van der Waals surface area contributed by atoms with E-state index >= 15 is 0 Å². The zero-order valence-electron chi connectivity index (χ0n) is 7.25. The minimum absolute atomic E-state index is 0.0765. The van der Waals surface area contributed by atoms with Crippen LogP contribution in [0.2, 0.25) is 0 Å². The molecule has 72 valence electrons. The Bertz CT molecular complexity index is 248. The first-order valence-electron chi connectivity index (χ1n) is 4.18. The van der Waals surface area contributed by atoms with Gasteiger partial charge in [-0.05, 0) is 17.9 Å². The number of nitrogens with one attached hydrogen (secondary N) is 1. The third kappa shape index (κ3) is 4.29. The van der Waals surface area contributed by atoms with Crippen LogP contribution in [-0.2, 0) is 11.2 Å². The minimum atomic E-state index is 0.0765. The van der Waals surface area contributed by atoms with Crippen LogP contribution in [0.25, 0.3) is 0 Å². The van der Waals surface area contributed by atoms with E-state index in [9.17, 15) is 4.79 Å². The summed E-state index contributed by atoms with van der Waals surface area (Å²) in [4.78, 5) is 12.3. The second-order valence-corrected chi connectivity index (χ2v) is 4.06. The molecule has 0 saturated heterocycles. The van der Waals surface area contributed by atoms with Gasteiger partial charge < -0.3 is 5.32 Å². The molecular weight excluding hydrogens is 206 g/mol. The summed E-state index contributed by atoms with van der Waals surface area (Å²) in [5.74, 6) is 0.673. The van der Waals surface area contributed by atoms with Crippen molar-refractivity contribution in [3.8, 4) is 0 Å². The molecule has 0 aliphatic carbocycles. The van der Waals surface area contributed by atoms with Gasteiger partial charge in [0.25, 0.3) is 0 Å². The first kappa shape index (κ1) is 10.5. The number of halogens is 1. The Labute approximate surface area is 86.9 Å². The molecule has 2 nitrogen and oxygen atoms in total. The maximum Gasteiger partial charge on any atom is 0.225 e.